The van der Waals surface area contributed by atoms with Gasteiger partial charge in [0.15, 0.2) is 4.20 Å². The fourth-order valence-corrected chi connectivity index (χ4v) is 9.49. The molecule has 0 saturated heterocycles. The number of benzene rings is 5. The molecule has 2 aliphatic rings. The third-order valence-corrected chi connectivity index (χ3v) is 11.3. The molecule has 5 aromatic carbocycles. The number of anilines is 1. The molecule has 2 heterocycles. The molecular weight excluding hydrogens is 605 g/mol. The fraction of sp³-hybridized carbons (Fsp3) is 0.0606. The lowest BCUT2D eigenvalue weighted by Gasteiger charge is -2.37. The zero-order valence-corrected chi connectivity index (χ0v) is 25.0. The van der Waals surface area contributed by atoms with Crippen molar-refractivity contribution < 1.29 is 4.92 Å². The van der Waals surface area contributed by atoms with E-state index in [4.69, 9.17) is 28.3 Å². The average Bonchev–Trinajstić information content (AvgIpc) is 3.55. The molecule has 0 aromatic heterocycles. The standard InChI is InChI=1S/C33H21Cl2N3O2S2/c34-25-16-12-23(13-17-25)32(24-14-18-26(35)19-15-24)29-8-4-5-9-30(29)33(42-32)37(27-6-2-1-3-7-27)36-31(41-33)22-10-20-28(21-11-22)38(39)40/h1-21H. The van der Waals surface area contributed by atoms with Gasteiger partial charge >= 0.3 is 0 Å². The highest BCUT2D eigenvalue weighted by atomic mass is 35.5. The molecule has 0 aliphatic carbocycles. The fourth-order valence-electron chi connectivity index (χ4n) is 5.57. The van der Waals surface area contributed by atoms with E-state index in [1.54, 1.807) is 35.7 Å². The Kier molecular flexibility index (Phi) is 6.78. The molecule has 0 N–H and O–H groups in total. The topological polar surface area (TPSA) is 58.7 Å². The van der Waals surface area contributed by atoms with Crippen molar-refractivity contribution in [2.75, 3.05) is 5.01 Å². The van der Waals surface area contributed by atoms with Crippen LogP contribution in [-0.2, 0) is 8.95 Å². The zero-order chi connectivity index (χ0) is 28.9. The summed E-state index contributed by atoms with van der Waals surface area (Å²) in [5, 5.41) is 20.7. The molecule has 5 nitrogen and oxygen atoms in total. The number of para-hydroxylation sites is 1. The molecule has 1 unspecified atom stereocenters. The molecule has 0 fully saturated rings. The summed E-state index contributed by atoms with van der Waals surface area (Å²) in [7, 11) is 0. The number of rotatable bonds is 5. The molecule has 0 bridgehead atoms. The van der Waals surface area contributed by atoms with E-state index in [9.17, 15) is 10.1 Å². The number of hydrazone groups is 1. The van der Waals surface area contributed by atoms with Crippen molar-refractivity contribution in [3.8, 4) is 0 Å². The van der Waals surface area contributed by atoms with Crippen LogP contribution in [0.4, 0.5) is 11.4 Å². The number of fused-ring (bicyclic) bond motifs is 2. The summed E-state index contributed by atoms with van der Waals surface area (Å²) in [6.45, 7) is 0. The molecule has 9 heteroatoms. The summed E-state index contributed by atoms with van der Waals surface area (Å²) in [4.78, 5) is 10.9. The van der Waals surface area contributed by atoms with Crippen LogP contribution in [0.25, 0.3) is 0 Å². The normalized spacial score (nSPS) is 18.6. The maximum Gasteiger partial charge on any atom is 0.269 e. The van der Waals surface area contributed by atoms with E-state index in [-0.39, 0.29) is 10.6 Å². The largest absolute Gasteiger partial charge is 0.269 e. The minimum Gasteiger partial charge on any atom is -0.258 e. The van der Waals surface area contributed by atoms with Crippen molar-refractivity contribution >= 4 is 63.1 Å². The van der Waals surface area contributed by atoms with Gasteiger partial charge in [0, 0.05) is 33.3 Å². The highest BCUT2D eigenvalue weighted by Gasteiger charge is 2.61. The van der Waals surface area contributed by atoms with Gasteiger partial charge < -0.3 is 0 Å². The van der Waals surface area contributed by atoms with E-state index < -0.39 is 8.95 Å². The Labute approximate surface area is 261 Å². The minimum absolute atomic E-state index is 0.0436. The number of hydrogen-bond donors (Lipinski definition) is 0. The molecule has 2 aliphatic heterocycles. The smallest absolute Gasteiger partial charge is 0.258 e. The Bertz CT molecular complexity index is 1790. The van der Waals surface area contributed by atoms with Gasteiger partial charge in [-0.2, -0.15) is 5.10 Å². The lowest BCUT2D eigenvalue weighted by Crippen LogP contribution is -2.33. The maximum atomic E-state index is 11.3. The molecule has 7 rings (SSSR count). The summed E-state index contributed by atoms with van der Waals surface area (Å²) in [5.74, 6) is 0. The third kappa shape index (κ3) is 4.31. The van der Waals surface area contributed by atoms with Crippen LogP contribution in [-0.4, -0.2) is 9.97 Å². The van der Waals surface area contributed by atoms with Crippen LogP contribution in [0, 0.1) is 10.1 Å². The van der Waals surface area contributed by atoms with Crippen LogP contribution in [0.1, 0.15) is 27.8 Å². The highest BCUT2D eigenvalue weighted by Crippen LogP contribution is 2.71. The number of non-ortho nitro benzene ring substituents is 1. The number of hydrogen-bond acceptors (Lipinski definition) is 6. The minimum atomic E-state index is -0.700. The lowest BCUT2D eigenvalue weighted by atomic mass is 9.82. The third-order valence-electron chi connectivity index (χ3n) is 7.47. The molecule has 0 radical (unpaired) electrons. The van der Waals surface area contributed by atoms with Crippen molar-refractivity contribution in [3.63, 3.8) is 0 Å². The van der Waals surface area contributed by atoms with Crippen LogP contribution in [0.3, 0.4) is 0 Å². The molecule has 5 aromatic rings. The Balaban J connectivity index is 1.47. The summed E-state index contributed by atoms with van der Waals surface area (Å²) < 4.78 is -1.32. The lowest BCUT2D eigenvalue weighted by molar-refractivity contribution is -0.384. The quantitative estimate of drug-likeness (QED) is 0.144. The van der Waals surface area contributed by atoms with E-state index in [0.717, 1.165) is 38.5 Å². The van der Waals surface area contributed by atoms with Crippen molar-refractivity contribution in [3.05, 3.63) is 175 Å². The van der Waals surface area contributed by atoms with Gasteiger partial charge in [-0.3, -0.25) is 10.1 Å². The summed E-state index contributed by atoms with van der Waals surface area (Å²) in [6.07, 6.45) is 0. The van der Waals surface area contributed by atoms with Gasteiger partial charge in [-0.05, 0) is 65.2 Å². The van der Waals surface area contributed by atoms with Crippen molar-refractivity contribution in [2.45, 2.75) is 8.95 Å². The van der Waals surface area contributed by atoms with Gasteiger partial charge in [0.2, 0.25) is 0 Å². The van der Waals surface area contributed by atoms with E-state index in [1.165, 1.54) is 12.1 Å². The first-order valence-corrected chi connectivity index (χ1v) is 15.5. The van der Waals surface area contributed by atoms with Crippen molar-refractivity contribution in [1.29, 1.82) is 0 Å². The van der Waals surface area contributed by atoms with E-state index in [1.807, 2.05) is 42.5 Å². The van der Waals surface area contributed by atoms with Crippen LogP contribution < -0.4 is 5.01 Å². The number of nitro benzene ring substituents is 1. The Hall–Kier alpha value is -3.75. The first-order valence-electron chi connectivity index (χ1n) is 13.1. The number of nitro groups is 1. The van der Waals surface area contributed by atoms with Gasteiger partial charge in [-0.15, -0.1) is 0 Å². The van der Waals surface area contributed by atoms with Gasteiger partial charge in [0.1, 0.15) is 5.04 Å². The molecule has 0 amide bonds. The summed E-state index contributed by atoms with van der Waals surface area (Å²) in [6, 6.07) is 41.3. The predicted octanol–water partition coefficient (Wildman–Crippen LogP) is 9.67. The van der Waals surface area contributed by atoms with Crippen molar-refractivity contribution in [2.24, 2.45) is 5.10 Å². The Morgan fingerprint density at radius 2 is 1.24 bits per heavy atom. The Morgan fingerprint density at radius 3 is 1.81 bits per heavy atom. The average molecular weight is 627 g/mol. The monoisotopic (exact) mass is 625 g/mol. The molecular formula is C33H21Cl2N3O2S2. The molecule has 1 spiro atoms. The SMILES string of the molecule is O=[N+]([O-])c1ccc(C2=NN(c3ccccc3)C3(S2)SC(c2ccc(Cl)cc2)(c2ccc(Cl)cc2)c2ccccc23)cc1. The van der Waals surface area contributed by atoms with Crippen LogP contribution >= 0.6 is 46.7 Å². The Morgan fingerprint density at radius 1 is 0.690 bits per heavy atom. The molecule has 1 atom stereocenters. The summed E-state index contributed by atoms with van der Waals surface area (Å²) >= 11 is 16.2. The van der Waals surface area contributed by atoms with Gasteiger partial charge in [-0.25, -0.2) is 5.01 Å². The van der Waals surface area contributed by atoms with Gasteiger partial charge in [0.25, 0.3) is 5.69 Å². The number of nitrogens with zero attached hydrogens (tertiary/aromatic N) is 3. The van der Waals surface area contributed by atoms with Crippen molar-refractivity contribution in [1.82, 2.24) is 0 Å². The number of halogens is 2. The first-order chi connectivity index (χ1) is 20.4. The molecule has 42 heavy (non-hydrogen) atoms. The molecule has 0 saturated carbocycles. The van der Waals surface area contributed by atoms with Crippen LogP contribution in [0.2, 0.25) is 10.0 Å². The maximum absolute atomic E-state index is 11.3. The first kappa shape index (κ1) is 27.1. The van der Waals surface area contributed by atoms with E-state index in [2.05, 4.69) is 65.7 Å². The number of thioether (sulfide) groups is 2. The van der Waals surface area contributed by atoms with E-state index >= 15 is 0 Å². The van der Waals surface area contributed by atoms with Gasteiger partial charge in [-0.1, -0.05) is 113 Å². The van der Waals surface area contributed by atoms with E-state index in [0.29, 0.717) is 10.0 Å². The predicted molar refractivity (Wildman–Crippen MR) is 175 cm³/mol. The van der Waals surface area contributed by atoms with Crippen LogP contribution in [0.15, 0.2) is 132 Å². The van der Waals surface area contributed by atoms with Gasteiger partial charge in [0.05, 0.1) is 15.4 Å². The highest BCUT2D eigenvalue weighted by molar-refractivity contribution is 8.26. The van der Waals surface area contributed by atoms with Crippen LogP contribution in [0.5, 0.6) is 0 Å². The summed E-state index contributed by atoms with van der Waals surface area (Å²) in [5.41, 5.74) is 6.23. The second kappa shape index (κ2) is 10.5. The molecule has 206 valence electrons. The zero-order valence-electron chi connectivity index (χ0n) is 21.9. The second-order valence-corrected chi connectivity index (χ2v) is 13.6. The second-order valence-electron chi connectivity index (χ2n) is 9.88.